The molecule has 0 aliphatic rings. The van der Waals surface area contributed by atoms with E-state index in [1.54, 1.807) is 7.11 Å². The van der Waals surface area contributed by atoms with Crippen LogP contribution in [0.1, 0.15) is 5.56 Å². The number of para-hydroxylation sites is 1. The molecule has 0 atom stereocenters. The lowest BCUT2D eigenvalue weighted by Gasteiger charge is -2.09. The van der Waals surface area contributed by atoms with E-state index in [1.165, 1.54) is 0 Å². The summed E-state index contributed by atoms with van der Waals surface area (Å²) in [4.78, 5) is 14.0. The van der Waals surface area contributed by atoms with Gasteiger partial charge in [-0.15, -0.1) is 0 Å². The number of nitrogens with zero attached hydrogens (tertiary/aromatic N) is 3. The van der Waals surface area contributed by atoms with Gasteiger partial charge in [-0.3, -0.25) is 4.98 Å². The lowest BCUT2D eigenvalue weighted by Crippen LogP contribution is -1.96. The van der Waals surface area contributed by atoms with E-state index in [0.29, 0.717) is 5.82 Å². The molecule has 25 heavy (non-hydrogen) atoms. The van der Waals surface area contributed by atoms with Crippen LogP contribution in [0, 0.1) is 6.92 Å². The topological polar surface area (TPSA) is 47.9 Å². The van der Waals surface area contributed by atoms with Crippen LogP contribution >= 0.6 is 0 Å². The second-order valence-electron chi connectivity index (χ2n) is 5.86. The monoisotopic (exact) mass is 327 g/mol. The fourth-order valence-electron chi connectivity index (χ4n) is 2.76. The molecule has 2 heterocycles. The summed E-state index contributed by atoms with van der Waals surface area (Å²) >= 11 is 0. The molecule has 0 radical (unpaired) electrons. The average Bonchev–Trinajstić information content (AvgIpc) is 2.68. The van der Waals surface area contributed by atoms with Crippen LogP contribution < -0.4 is 4.74 Å². The highest BCUT2D eigenvalue weighted by molar-refractivity contribution is 5.93. The number of pyridine rings is 1. The second kappa shape index (κ2) is 6.32. The van der Waals surface area contributed by atoms with Crippen molar-refractivity contribution in [1.82, 2.24) is 15.0 Å². The minimum Gasteiger partial charge on any atom is -0.497 e. The van der Waals surface area contributed by atoms with Crippen molar-refractivity contribution in [3.05, 3.63) is 72.4 Å². The van der Waals surface area contributed by atoms with Gasteiger partial charge in [0.25, 0.3) is 0 Å². The number of hydrogen-bond acceptors (Lipinski definition) is 4. The standard InChI is InChI=1S/C21H17N3O/c1-14-7-12-19(22-13-14)21-23-18-6-4-3-5-17(18)20(24-21)15-8-10-16(25-2)11-9-15/h3-13H,1-2H3. The van der Waals surface area contributed by atoms with Gasteiger partial charge < -0.3 is 4.74 Å². The lowest BCUT2D eigenvalue weighted by atomic mass is 10.1. The van der Waals surface area contributed by atoms with Gasteiger partial charge in [-0.2, -0.15) is 0 Å². The van der Waals surface area contributed by atoms with Crippen LogP contribution in [0.15, 0.2) is 66.9 Å². The zero-order valence-electron chi connectivity index (χ0n) is 14.1. The first-order chi connectivity index (χ1) is 12.2. The fourth-order valence-corrected chi connectivity index (χ4v) is 2.76. The molecule has 4 nitrogen and oxygen atoms in total. The average molecular weight is 327 g/mol. The zero-order chi connectivity index (χ0) is 17.2. The smallest absolute Gasteiger partial charge is 0.179 e. The number of rotatable bonds is 3. The van der Waals surface area contributed by atoms with Crippen LogP contribution in [-0.2, 0) is 0 Å². The second-order valence-corrected chi connectivity index (χ2v) is 5.86. The summed E-state index contributed by atoms with van der Waals surface area (Å²) < 4.78 is 5.25. The highest BCUT2D eigenvalue weighted by Gasteiger charge is 2.12. The van der Waals surface area contributed by atoms with Gasteiger partial charge in [0.2, 0.25) is 0 Å². The molecule has 2 aromatic carbocycles. The molecular formula is C21H17N3O. The zero-order valence-corrected chi connectivity index (χ0v) is 14.1. The Bertz CT molecular complexity index is 1030. The van der Waals surface area contributed by atoms with Crippen LogP contribution in [0.2, 0.25) is 0 Å². The Morgan fingerprint density at radius 2 is 1.64 bits per heavy atom. The van der Waals surface area contributed by atoms with Crippen molar-refractivity contribution in [1.29, 1.82) is 0 Å². The SMILES string of the molecule is COc1ccc(-c2nc(-c3ccc(C)cn3)nc3ccccc23)cc1. The molecule has 0 saturated heterocycles. The summed E-state index contributed by atoms with van der Waals surface area (Å²) in [5.41, 5.74) is 4.70. The Morgan fingerprint density at radius 3 is 2.36 bits per heavy atom. The summed E-state index contributed by atoms with van der Waals surface area (Å²) in [6, 6.07) is 19.9. The van der Waals surface area contributed by atoms with E-state index in [-0.39, 0.29) is 0 Å². The fraction of sp³-hybridized carbons (Fsp3) is 0.0952. The maximum Gasteiger partial charge on any atom is 0.179 e. The molecule has 0 unspecified atom stereocenters. The van der Waals surface area contributed by atoms with Gasteiger partial charge in [0.1, 0.15) is 11.4 Å². The third kappa shape index (κ3) is 2.94. The molecular weight excluding hydrogens is 310 g/mol. The molecule has 4 aromatic rings. The molecule has 0 fully saturated rings. The molecule has 2 aromatic heterocycles. The third-order valence-corrected chi connectivity index (χ3v) is 4.11. The van der Waals surface area contributed by atoms with E-state index in [2.05, 4.69) is 4.98 Å². The van der Waals surface area contributed by atoms with Crippen molar-refractivity contribution in [2.24, 2.45) is 0 Å². The van der Waals surface area contributed by atoms with Crippen molar-refractivity contribution in [3.63, 3.8) is 0 Å². The lowest BCUT2D eigenvalue weighted by molar-refractivity contribution is 0.415. The number of fused-ring (bicyclic) bond motifs is 1. The first-order valence-electron chi connectivity index (χ1n) is 8.09. The van der Waals surface area contributed by atoms with E-state index in [0.717, 1.165) is 39.2 Å². The molecule has 122 valence electrons. The van der Waals surface area contributed by atoms with Crippen LogP contribution in [0.3, 0.4) is 0 Å². The van der Waals surface area contributed by atoms with Gasteiger partial charge in [-0.05, 0) is 48.9 Å². The predicted octanol–water partition coefficient (Wildman–Crippen LogP) is 4.68. The molecule has 0 bridgehead atoms. The van der Waals surface area contributed by atoms with Crippen molar-refractivity contribution < 1.29 is 4.74 Å². The molecule has 0 amide bonds. The van der Waals surface area contributed by atoms with Crippen molar-refractivity contribution in [2.45, 2.75) is 6.92 Å². The highest BCUT2D eigenvalue weighted by Crippen LogP contribution is 2.29. The van der Waals surface area contributed by atoms with Gasteiger partial charge in [0, 0.05) is 17.1 Å². The Balaban J connectivity index is 1.93. The summed E-state index contributed by atoms with van der Waals surface area (Å²) in [7, 11) is 1.66. The number of methoxy groups -OCH3 is 1. The largest absolute Gasteiger partial charge is 0.497 e. The molecule has 4 rings (SSSR count). The minimum absolute atomic E-state index is 0.629. The van der Waals surface area contributed by atoms with Gasteiger partial charge in [-0.25, -0.2) is 9.97 Å². The van der Waals surface area contributed by atoms with Crippen molar-refractivity contribution in [3.8, 4) is 28.5 Å². The van der Waals surface area contributed by atoms with E-state index >= 15 is 0 Å². The molecule has 4 heteroatoms. The van der Waals surface area contributed by atoms with E-state index in [1.807, 2.05) is 73.8 Å². The first-order valence-corrected chi connectivity index (χ1v) is 8.09. The van der Waals surface area contributed by atoms with Crippen LogP contribution in [0.5, 0.6) is 5.75 Å². The quantitative estimate of drug-likeness (QED) is 0.548. The summed E-state index contributed by atoms with van der Waals surface area (Å²) in [5.74, 6) is 1.45. The van der Waals surface area contributed by atoms with E-state index in [4.69, 9.17) is 14.7 Å². The summed E-state index contributed by atoms with van der Waals surface area (Å²) in [5, 5.41) is 1.02. The van der Waals surface area contributed by atoms with Crippen molar-refractivity contribution >= 4 is 10.9 Å². The highest BCUT2D eigenvalue weighted by atomic mass is 16.5. The molecule has 0 aliphatic carbocycles. The Kier molecular flexibility index (Phi) is 3.86. The molecule has 0 aliphatic heterocycles. The van der Waals surface area contributed by atoms with Gasteiger partial charge in [-0.1, -0.05) is 24.3 Å². The van der Waals surface area contributed by atoms with E-state index < -0.39 is 0 Å². The van der Waals surface area contributed by atoms with Crippen LogP contribution in [0.4, 0.5) is 0 Å². The number of ether oxygens (including phenoxy) is 1. The number of hydrogen-bond donors (Lipinski definition) is 0. The van der Waals surface area contributed by atoms with Crippen molar-refractivity contribution in [2.75, 3.05) is 7.11 Å². The normalized spacial score (nSPS) is 10.8. The Labute approximate surface area is 146 Å². The van der Waals surface area contributed by atoms with Gasteiger partial charge in [0.15, 0.2) is 5.82 Å². The number of aryl methyl sites for hydroxylation is 1. The van der Waals surface area contributed by atoms with Crippen LogP contribution in [-0.4, -0.2) is 22.1 Å². The maximum absolute atomic E-state index is 5.25. The van der Waals surface area contributed by atoms with Gasteiger partial charge >= 0.3 is 0 Å². The van der Waals surface area contributed by atoms with Gasteiger partial charge in [0.05, 0.1) is 18.3 Å². The summed E-state index contributed by atoms with van der Waals surface area (Å²) in [6.45, 7) is 2.01. The minimum atomic E-state index is 0.629. The van der Waals surface area contributed by atoms with E-state index in [9.17, 15) is 0 Å². The van der Waals surface area contributed by atoms with Crippen LogP contribution in [0.25, 0.3) is 33.7 Å². The maximum atomic E-state index is 5.25. The predicted molar refractivity (Wildman–Crippen MR) is 99.5 cm³/mol. The first kappa shape index (κ1) is 15.3. The molecule has 0 N–H and O–H groups in total. The summed E-state index contributed by atoms with van der Waals surface area (Å²) in [6.07, 6.45) is 1.83. The third-order valence-electron chi connectivity index (χ3n) is 4.11. The number of aromatic nitrogens is 3. The number of benzene rings is 2. The molecule has 0 saturated carbocycles. The Morgan fingerprint density at radius 1 is 0.840 bits per heavy atom. The molecule has 0 spiro atoms. The Hall–Kier alpha value is -3.27.